The number of amides is 3. The first kappa shape index (κ1) is 19.0. The number of hydrogen-bond donors (Lipinski definition) is 1. The van der Waals surface area contributed by atoms with Crippen LogP contribution >= 0.6 is 15.9 Å². The molecule has 2 saturated carbocycles. The van der Waals surface area contributed by atoms with Crippen LogP contribution in [0.1, 0.15) is 22.3 Å². The Morgan fingerprint density at radius 1 is 1.00 bits per heavy atom. The quantitative estimate of drug-likeness (QED) is 0.521. The topological polar surface area (TPSA) is 66.5 Å². The molecule has 2 aromatic rings. The van der Waals surface area contributed by atoms with Gasteiger partial charge >= 0.3 is 0 Å². The minimum atomic E-state index is -0.272. The van der Waals surface area contributed by atoms with Gasteiger partial charge in [0.25, 0.3) is 5.91 Å². The van der Waals surface area contributed by atoms with E-state index in [1.54, 1.807) is 24.3 Å². The van der Waals surface area contributed by atoms with Crippen LogP contribution < -0.4 is 10.2 Å². The van der Waals surface area contributed by atoms with Gasteiger partial charge in [0.2, 0.25) is 11.8 Å². The van der Waals surface area contributed by atoms with E-state index in [1.807, 2.05) is 25.1 Å². The Hall–Kier alpha value is -2.73. The smallest absolute Gasteiger partial charge is 0.255 e. The highest BCUT2D eigenvalue weighted by Crippen LogP contribution is 2.65. The number of allylic oxidation sites excluding steroid dienone is 2. The molecular formula is C25H21BrN2O3. The van der Waals surface area contributed by atoms with E-state index in [1.165, 1.54) is 4.90 Å². The summed E-state index contributed by atoms with van der Waals surface area (Å²) in [4.78, 5) is 40.8. The molecule has 0 spiro atoms. The van der Waals surface area contributed by atoms with E-state index < -0.39 is 0 Å². The molecule has 156 valence electrons. The fraction of sp³-hybridized carbons (Fsp3) is 0.320. The van der Waals surface area contributed by atoms with Gasteiger partial charge in [0, 0.05) is 15.7 Å². The number of imide groups is 1. The van der Waals surface area contributed by atoms with Gasteiger partial charge in [-0.3, -0.25) is 14.4 Å². The highest BCUT2D eigenvalue weighted by Gasteiger charge is 2.67. The maximum atomic E-state index is 13.3. The lowest BCUT2D eigenvalue weighted by molar-refractivity contribution is -0.124. The van der Waals surface area contributed by atoms with Crippen LogP contribution in [0.2, 0.25) is 0 Å². The normalized spacial score (nSPS) is 32.1. The Bertz CT molecular complexity index is 1150. The van der Waals surface area contributed by atoms with Crippen molar-refractivity contribution in [2.24, 2.45) is 35.5 Å². The minimum absolute atomic E-state index is 0.110. The predicted molar refractivity (Wildman–Crippen MR) is 120 cm³/mol. The van der Waals surface area contributed by atoms with Crippen LogP contribution in [0.25, 0.3) is 0 Å². The molecule has 0 aromatic heterocycles. The van der Waals surface area contributed by atoms with Gasteiger partial charge in [-0.25, -0.2) is 4.90 Å². The Labute approximate surface area is 188 Å². The SMILES string of the molecule is Cc1cc(Br)ccc1NC(=O)c1cccc(N2C(=O)[C@@H]3[C@H]4C=C[C@@H]([C@@H]5C[C@H]45)[C@@H]3C2=O)c1. The van der Waals surface area contributed by atoms with Gasteiger partial charge in [0.05, 0.1) is 17.5 Å². The molecule has 0 radical (unpaired) electrons. The van der Waals surface area contributed by atoms with E-state index in [0.29, 0.717) is 23.1 Å². The molecule has 5 nitrogen and oxygen atoms in total. The fourth-order valence-corrected chi connectivity index (χ4v) is 6.44. The molecule has 2 aromatic carbocycles. The van der Waals surface area contributed by atoms with Crippen molar-refractivity contribution in [3.8, 4) is 0 Å². The van der Waals surface area contributed by atoms with Crippen LogP contribution in [0.15, 0.2) is 59.1 Å². The second-order valence-corrected chi connectivity index (χ2v) is 10.0. The summed E-state index contributed by atoms with van der Waals surface area (Å²) in [5.74, 6) is 0.539. The summed E-state index contributed by atoms with van der Waals surface area (Å²) in [5, 5.41) is 2.92. The monoisotopic (exact) mass is 476 g/mol. The summed E-state index contributed by atoms with van der Waals surface area (Å²) < 4.78 is 0.943. The summed E-state index contributed by atoms with van der Waals surface area (Å²) in [7, 11) is 0. The molecule has 3 fully saturated rings. The summed E-state index contributed by atoms with van der Waals surface area (Å²) in [5.41, 5.74) is 2.56. The summed E-state index contributed by atoms with van der Waals surface area (Å²) >= 11 is 3.42. The lowest BCUT2D eigenvalue weighted by Crippen LogP contribution is -2.40. The zero-order valence-corrected chi connectivity index (χ0v) is 18.5. The van der Waals surface area contributed by atoms with Gasteiger partial charge in [0.15, 0.2) is 0 Å². The van der Waals surface area contributed by atoms with Gasteiger partial charge < -0.3 is 5.32 Å². The van der Waals surface area contributed by atoms with E-state index in [4.69, 9.17) is 0 Å². The number of benzene rings is 2. The number of nitrogens with zero attached hydrogens (tertiary/aromatic N) is 1. The van der Waals surface area contributed by atoms with Crippen LogP contribution in [-0.4, -0.2) is 17.7 Å². The third-order valence-electron chi connectivity index (χ3n) is 7.47. The predicted octanol–water partition coefficient (Wildman–Crippen LogP) is 4.57. The zero-order chi connectivity index (χ0) is 21.4. The zero-order valence-electron chi connectivity index (χ0n) is 16.9. The maximum Gasteiger partial charge on any atom is 0.255 e. The Kier molecular flexibility index (Phi) is 4.06. The minimum Gasteiger partial charge on any atom is -0.322 e. The Balaban J connectivity index is 1.28. The van der Waals surface area contributed by atoms with Crippen LogP contribution in [-0.2, 0) is 9.59 Å². The molecule has 1 saturated heterocycles. The largest absolute Gasteiger partial charge is 0.322 e. The number of anilines is 2. The number of carbonyl (C=O) groups is 3. The van der Waals surface area contributed by atoms with Crippen molar-refractivity contribution in [3.05, 3.63) is 70.2 Å². The molecule has 31 heavy (non-hydrogen) atoms. The van der Waals surface area contributed by atoms with Crippen LogP contribution in [0.5, 0.6) is 0 Å². The van der Waals surface area contributed by atoms with Crippen LogP contribution in [0, 0.1) is 42.4 Å². The highest BCUT2D eigenvalue weighted by atomic mass is 79.9. The summed E-state index contributed by atoms with van der Waals surface area (Å²) in [6.07, 6.45) is 5.47. The third-order valence-corrected chi connectivity index (χ3v) is 7.96. The molecule has 2 bridgehead atoms. The number of rotatable bonds is 3. The maximum absolute atomic E-state index is 13.3. The van der Waals surface area contributed by atoms with E-state index in [0.717, 1.165) is 22.1 Å². The molecule has 6 atom stereocenters. The molecule has 1 aliphatic heterocycles. The van der Waals surface area contributed by atoms with E-state index in [-0.39, 0.29) is 41.4 Å². The lowest BCUT2D eigenvalue weighted by Gasteiger charge is -2.37. The number of carbonyl (C=O) groups excluding carboxylic acids is 3. The second kappa shape index (κ2) is 6.63. The van der Waals surface area contributed by atoms with Gasteiger partial charge in [-0.1, -0.05) is 34.1 Å². The van der Waals surface area contributed by atoms with Gasteiger partial charge in [-0.05, 0) is 79.0 Å². The van der Waals surface area contributed by atoms with Crippen molar-refractivity contribution in [1.29, 1.82) is 0 Å². The molecule has 4 aliphatic carbocycles. The number of halogens is 1. The molecule has 1 N–H and O–H groups in total. The number of aryl methyl sites for hydroxylation is 1. The molecule has 5 aliphatic rings. The third kappa shape index (κ3) is 2.77. The molecule has 7 rings (SSSR count). The first-order valence-electron chi connectivity index (χ1n) is 10.7. The van der Waals surface area contributed by atoms with Crippen molar-refractivity contribution in [2.45, 2.75) is 13.3 Å². The van der Waals surface area contributed by atoms with Gasteiger partial charge in [-0.2, -0.15) is 0 Å². The first-order chi connectivity index (χ1) is 14.9. The summed E-state index contributed by atoms with van der Waals surface area (Å²) in [6.45, 7) is 1.92. The highest BCUT2D eigenvalue weighted by molar-refractivity contribution is 9.10. The average molecular weight is 477 g/mol. The fourth-order valence-electron chi connectivity index (χ4n) is 5.96. The van der Waals surface area contributed by atoms with Crippen LogP contribution in [0.4, 0.5) is 11.4 Å². The molecule has 1 heterocycles. The first-order valence-corrected chi connectivity index (χ1v) is 11.5. The van der Waals surface area contributed by atoms with E-state index in [9.17, 15) is 14.4 Å². The molecule has 0 unspecified atom stereocenters. The number of hydrogen-bond acceptors (Lipinski definition) is 3. The van der Waals surface area contributed by atoms with Crippen molar-refractivity contribution in [2.75, 3.05) is 10.2 Å². The van der Waals surface area contributed by atoms with Crippen molar-refractivity contribution < 1.29 is 14.4 Å². The average Bonchev–Trinajstić information content (AvgIpc) is 3.53. The van der Waals surface area contributed by atoms with Crippen molar-refractivity contribution in [3.63, 3.8) is 0 Å². The van der Waals surface area contributed by atoms with E-state index >= 15 is 0 Å². The molecular weight excluding hydrogens is 456 g/mol. The van der Waals surface area contributed by atoms with Crippen molar-refractivity contribution in [1.82, 2.24) is 0 Å². The molecule has 6 heteroatoms. The van der Waals surface area contributed by atoms with Crippen LogP contribution in [0.3, 0.4) is 0 Å². The Morgan fingerprint density at radius 2 is 1.68 bits per heavy atom. The molecule has 3 amide bonds. The van der Waals surface area contributed by atoms with Gasteiger partial charge in [0.1, 0.15) is 0 Å². The Morgan fingerprint density at radius 3 is 2.32 bits per heavy atom. The second-order valence-electron chi connectivity index (χ2n) is 9.13. The summed E-state index contributed by atoms with van der Waals surface area (Å²) in [6, 6.07) is 12.5. The van der Waals surface area contributed by atoms with E-state index in [2.05, 4.69) is 33.4 Å². The number of nitrogens with one attached hydrogen (secondary N) is 1. The lowest BCUT2D eigenvalue weighted by atomic mass is 9.63. The van der Waals surface area contributed by atoms with Gasteiger partial charge in [-0.15, -0.1) is 0 Å². The van der Waals surface area contributed by atoms with Crippen molar-refractivity contribution >= 4 is 45.0 Å². The standard InChI is InChI=1S/C25H21BrN2O3/c1-12-9-14(26)5-8-20(12)27-23(29)13-3-2-4-15(10-13)28-24(30)21-16-6-7-17(19-11-18(16)19)22(21)25(28)31/h2-10,16-19,21-22H,11H2,1H3,(H,27,29)/t16-,17-,18-,19+,21-,22+/m0/s1.